The molecule has 0 aromatic carbocycles. The average molecular weight is 1140 g/mol. The highest BCUT2D eigenvalue weighted by molar-refractivity contribution is 5.71. The van der Waals surface area contributed by atoms with E-state index in [1.807, 2.05) is 0 Å². The first-order valence-electron chi connectivity index (χ1n) is 34.5. The molecule has 0 saturated heterocycles. The highest BCUT2D eigenvalue weighted by atomic mass is 16.6. The fraction of sp³-hybridized carbons (Fsp3) is 0.697. The van der Waals surface area contributed by atoms with Crippen molar-refractivity contribution in [3.05, 3.63) is 122 Å². The molecule has 6 heteroatoms. The highest BCUT2D eigenvalue weighted by Gasteiger charge is 2.19. The molecule has 0 aliphatic rings. The summed E-state index contributed by atoms with van der Waals surface area (Å²) in [6, 6.07) is 0. The molecule has 468 valence electrons. The molecule has 82 heavy (non-hydrogen) atoms. The van der Waals surface area contributed by atoms with E-state index in [4.69, 9.17) is 14.2 Å². The van der Waals surface area contributed by atoms with Gasteiger partial charge in [-0.05, 0) is 135 Å². The molecule has 0 fully saturated rings. The third kappa shape index (κ3) is 66.6. The zero-order valence-electron chi connectivity index (χ0n) is 53.7. The van der Waals surface area contributed by atoms with Gasteiger partial charge in [-0.15, -0.1) is 0 Å². The van der Waals surface area contributed by atoms with Gasteiger partial charge in [0.15, 0.2) is 6.10 Å². The number of esters is 3. The summed E-state index contributed by atoms with van der Waals surface area (Å²) in [5.41, 5.74) is 0. The van der Waals surface area contributed by atoms with Crippen LogP contribution in [0.4, 0.5) is 0 Å². The molecule has 0 N–H and O–H groups in total. The average Bonchev–Trinajstić information content (AvgIpc) is 3.47. The van der Waals surface area contributed by atoms with E-state index in [9.17, 15) is 14.4 Å². The van der Waals surface area contributed by atoms with Crippen LogP contribution in [0.2, 0.25) is 0 Å². The minimum atomic E-state index is -0.797. The van der Waals surface area contributed by atoms with Gasteiger partial charge in [0.25, 0.3) is 0 Å². The van der Waals surface area contributed by atoms with Crippen LogP contribution in [0.25, 0.3) is 0 Å². The van der Waals surface area contributed by atoms with Gasteiger partial charge in [0, 0.05) is 19.3 Å². The second-order valence-electron chi connectivity index (χ2n) is 22.7. The van der Waals surface area contributed by atoms with Gasteiger partial charge in [-0.25, -0.2) is 0 Å². The Hall–Kier alpha value is -4.19. The summed E-state index contributed by atoms with van der Waals surface area (Å²) in [4.78, 5) is 38.5. The smallest absolute Gasteiger partial charge is 0.306 e. The molecule has 1 unspecified atom stereocenters. The molecule has 0 radical (unpaired) electrons. The van der Waals surface area contributed by atoms with Crippen molar-refractivity contribution in [3.63, 3.8) is 0 Å². The fourth-order valence-electron chi connectivity index (χ4n) is 9.51. The van der Waals surface area contributed by atoms with E-state index in [0.717, 1.165) is 135 Å². The van der Waals surface area contributed by atoms with Crippen LogP contribution in [0.15, 0.2) is 122 Å². The standard InChI is InChI=1S/C76H128O6/c1-4-7-10-13-16-19-22-25-28-31-34-36-37-38-39-41-42-45-48-51-54-57-60-63-66-69-75(78)81-72-73(71-80-74(77)68-65-62-59-56-53-50-47-44-33-30-27-24-21-18-15-12-9-6-3)82-76(79)70-67-64-61-58-55-52-49-46-43-40-35-32-29-26-23-20-17-14-11-8-5-2/h7,10,16,19,21,23-26,28,30,32-36,38-39,43,46,73H,4-6,8-9,11-15,17-18,20,22,27,29,31,37,40-42,44-45,47-72H2,1-3H3/b10-7-,19-16-,24-21-,26-23-,28-25-,33-30-,35-32-,36-34-,39-38-,46-43-. The summed E-state index contributed by atoms with van der Waals surface area (Å²) in [7, 11) is 0. The number of carbonyl (C=O) groups excluding carboxylic acids is 3. The summed E-state index contributed by atoms with van der Waals surface area (Å²) in [6.45, 7) is 6.50. The molecular formula is C76H128O6. The van der Waals surface area contributed by atoms with Gasteiger partial charge in [0.2, 0.25) is 0 Å². The molecule has 0 aliphatic heterocycles. The lowest BCUT2D eigenvalue weighted by Gasteiger charge is -2.18. The maximum absolute atomic E-state index is 13.0. The molecule has 0 amide bonds. The lowest BCUT2D eigenvalue weighted by Crippen LogP contribution is -2.30. The molecular weight excluding hydrogens is 1010 g/mol. The quantitative estimate of drug-likeness (QED) is 0.0261. The van der Waals surface area contributed by atoms with Gasteiger partial charge in [0.05, 0.1) is 0 Å². The highest BCUT2D eigenvalue weighted by Crippen LogP contribution is 2.16. The maximum atomic E-state index is 13.0. The van der Waals surface area contributed by atoms with Crippen molar-refractivity contribution in [1.82, 2.24) is 0 Å². The van der Waals surface area contributed by atoms with Gasteiger partial charge in [-0.2, -0.15) is 0 Å². The summed E-state index contributed by atoms with van der Waals surface area (Å²) >= 11 is 0. The van der Waals surface area contributed by atoms with Crippen molar-refractivity contribution >= 4 is 17.9 Å². The Morgan fingerprint density at radius 2 is 0.476 bits per heavy atom. The number of rotatable bonds is 62. The maximum Gasteiger partial charge on any atom is 0.306 e. The zero-order chi connectivity index (χ0) is 59.2. The van der Waals surface area contributed by atoms with Gasteiger partial charge in [-0.3, -0.25) is 14.4 Å². The van der Waals surface area contributed by atoms with Crippen LogP contribution in [0.1, 0.15) is 323 Å². The zero-order valence-corrected chi connectivity index (χ0v) is 53.7. The summed E-state index contributed by atoms with van der Waals surface area (Å²) in [5.74, 6) is -0.907. The van der Waals surface area contributed by atoms with Gasteiger partial charge >= 0.3 is 17.9 Å². The Bertz CT molecular complexity index is 1690. The van der Waals surface area contributed by atoms with E-state index in [2.05, 4.69) is 142 Å². The van der Waals surface area contributed by atoms with Crippen LogP contribution >= 0.6 is 0 Å². The molecule has 0 aromatic heterocycles. The largest absolute Gasteiger partial charge is 0.462 e. The van der Waals surface area contributed by atoms with Crippen molar-refractivity contribution in [2.75, 3.05) is 13.2 Å². The third-order valence-electron chi connectivity index (χ3n) is 14.7. The van der Waals surface area contributed by atoms with Crippen LogP contribution in [0.5, 0.6) is 0 Å². The Morgan fingerprint density at radius 3 is 0.756 bits per heavy atom. The lowest BCUT2D eigenvalue weighted by molar-refractivity contribution is -0.167. The summed E-state index contributed by atoms with van der Waals surface area (Å²) < 4.78 is 17.0. The molecule has 0 bridgehead atoms. The Kier molecular flexibility index (Phi) is 65.8. The summed E-state index contributed by atoms with van der Waals surface area (Å²) in [5, 5.41) is 0. The predicted octanol–water partition coefficient (Wildman–Crippen LogP) is 23.9. The molecule has 0 spiro atoms. The topological polar surface area (TPSA) is 78.9 Å². The van der Waals surface area contributed by atoms with Crippen molar-refractivity contribution in [1.29, 1.82) is 0 Å². The number of unbranched alkanes of at least 4 members (excludes halogenated alkanes) is 31. The molecule has 6 nitrogen and oxygen atoms in total. The van der Waals surface area contributed by atoms with Crippen LogP contribution in [0.3, 0.4) is 0 Å². The van der Waals surface area contributed by atoms with Crippen molar-refractivity contribution in [2.45, 2.75) is 329 Å². The third-order valence-corrected chi connectivity index (χ3v) is 14.7. The molecule has 0 rings (SSSR count). The first kappa shape index (κ1) is 77.8. The molecule has 0 aromatic rings. The second kappa shape index (κ2) is 69.3. The van der Waals surface area contributed by atoms with Crippen molar-refractivity contribution in [3.8, 4) is 0 Å². The number of ether oxygens (including phenoxy) is 3. The number of hydrogen-bond acceptors (Lipinski definition) is 6. The van der Waals surface area contributed by atoms with Crippen LogP contribution < -0.4 is 0 Å². The van der Waals surface area contributed by atoms with Gasteiger partial charge < -0.3 is 14.2 Å². The monoisotopic (exact) mass is 1140 g/mol. The van der Waals surface area contributed by atoms with Crippen LogP contribution in [-0.2, 0) is 28.6 Å². The number of hydrogen-bond donors (Lipinski definition) is 0. The first-order valence-corrected chi connectivity index (χ1v) is 34.5. The minimum Gasteiger partial charge on any atom is -0.462 e. The Labute approximate surface area is 507 Å². The lowest BCUT2D eigenvalue weighted by atomic mass is 10.1. The Balaban J connectivity index is 4.43. The molecule has 0 saturated carbocycles. The SMILES string of the molecule is CC/C=C\C/C=C\C/C=C\C/C=C\C/C=C\CCCCCCCCCCCC(=O)OCC(COC(=O)CCCCCCCCC/C=C\C/C=C\CCCCCC)OC(=O)CCCCCCCC/C=C\C/C=C\C/C=C\CCCCCCC. The van der Waals surface area contributed by atoms with E-state index >= 15 is 0 Å². The second-order valence-corrected chi connectivity index (χ2v) is 22.7. The number of allylic oxidation sites excluding steroid dienone is 20. The van der Waals surface area contributed by atoms with E-state index in [1.54, 1.807) is 0 Å². The van der Waals surface area contributed by atoms with Gasteiger partial charge in [-0.1, -0.05) is 290 Å². The Morgan fingerprint density at radius 1 is 0.256 bits per heavy atom. The normalized spacial score (nSPS) is 12.9. The van der Waals surface area contributed by atoms with E-state index < -0.39 is 6.10 Å². The van der Waals surface area contributed by atoms with Crippen molar-refractivity contribution < 1.29 is 28.6 Å². The van der Waals surface area contributed by atoms with Gasteiger partial charge in [0.1, 0.15) is 13.2 Å². The fourth-order valence-corrected chi connectivity index (χ4v) is 9.51. The van der Waals surface area contributed by atoms with E-state index in [0.29, 0.717) is 19.3 Å². The number of carbonyl (C=O) groups is 3. The minimum absolute atomic E-state index is 0.0909. The van der Waals surface area contributed by atoms with E-state index in [-0.39, 0.29) is 31.1 Å². The van der Waals surface area contributed by atoms with Crippen molar-refractivity contribution in [2.24, 2.45) is 0 Å². The summed E-state index contributed by atoms with van der Waals surface area (Å²) in [6.07, 6.45) is 96.3. The molecule has 0 heterocycles. The molecule has 0 aliphatic carbocycles. The van der Waals surface area contributed by atoms with Crippen LogP contribution in [0, 0.1) is 0 Å². The van der Waals surface area contributed by atoms with Crippen LogP contribution in [-0.4, -0.2) is 37.2 Å². The molecule has 1 atom stereocenters. The first-order chi connectivity index (χ1) is 40.5. The predicted molar refractivity (Wildman–Crippen MR) is 357 cm³/mol. The van der Waals surface area contributed by atoms with E-state index in [1.165, 1.54) is 148 Å².